The first-order chi connectivity index (χ1) is 12.7. The van der Waals surface area contributed by atoms with Gasteiger partial charge in [0.15, 0.2) is 11.7 Å². The van der Waals surface area contributed by atoms with Crippen molar-refractivity contribution in [2.24, 2.45) is 4.99 Å². The summed E-state index contributed by atoms with van der Waals surface area (Å²) in [6.45, 7) is 5.35. The topological polar surface area (TPSA) is 80.3 Å². The molecule has 0 radical (unpaired) electrons. The minimum atomic E-state index is 0. The number of nitrogens with one attached hydrogen (secondary N) is 2. The molecule has 0 saturated carbocycles. The van der Waals surface area contributed by atoms with Crippen molar-refractivity contribution >= 4 is 29.9 Å². The van der Waals surface area contributed by atoms with E-state index >= 15 is 0 Å². The van der Waals surface area contributed by atoms with Gasteiger partial charge in [-0.2, -0.15) is 0 Å². The van der Waals surface area contributed by atoms with E-state index in [-0.39, 0.29) is 24.0 Å². The molecule has 0 aliphatic rings. The van der Waals surface area contributed by atoms with Gasteiger partial charge >= 0.3 is 0 Å². The molecule has 0 aliphatic heterocycles. The Morgan fingerprint density at radius 2 is 2.00 bits per heavy atom. The minimum absolute atomic E-state index is 0. The molecule has 0 atom stereocenters. The molecule has 0 spiro atoms. The lowest BCUT2D eigenvalue weighted by atomic mass is 10.1. The van der Waals surface area contributed by atoms with Crippen LogP contribution in [0.3, 0.4) is 0 Å². The van der Waals surface area contributed by atoms with Crippen LogP contribution in [-0.2, 0) is 13.1 Å². The van der Waals surface area contributed by atoms with Gasteiger partial charge in [0.1, 0.15) is 0 Å². The summed E-state index contributed by atoms with van der Waals surface area (Å²) in [5, 5.41) is 10.6. The average Bonchev–Trinajstić information content (AvgIpc) is 3.34. The van der Waals surface area contributed by atoms with Crippen molar-refractivity contribution in [3.8, 4) is 5.69 Å². The maximum Gasteiger partial charge on any atom is 0.191 e. The largest absolute Gasteiger partial charge is 0.359 e. The van der Waals surface area contributed by atoms with Gasteiger partial charge in [-0.05, 0) is 17.5 Å². The number of halogens is 1. The van der Waals surface area contributed by atoms with Crippen LogP contribution in [0.5, 0.6) is 0 Å². The number of benzene rings is 1. The highest BCUT2D eigenvalue weighted by molar-refractivity contribution is 14.0. The maximum absolute atomic E-state index is 5.35. The number of nitrogens with zero attached hydrogens (tertiary/aromatic N) is 4. The fourth-order valence-electron chi connectivity index (χ4n) is 2.57. The molecule has 2 N–H and O–H groups in total. The second-order valence-electron chi connectivity index (χ2n) is 6.25. The second-order valence-corrected chi connectivity index (χ2v) is 6.25. The molecule has 3 rings (SSSR count). The first-order valence-electron chi connectivity index (χ1n) is 8.63. The Balaban J connectivity index is 0.00000261. The van der Waals surface area contributed by atoms with E-state index in [2.05, 4.69) is 51.7 Å². The lowest BCUT2D eigenvalue weighted by molar-refractivity contribution is 0.372. The molecule has 7 nitrogen and oxygen atoms in total. The van der Waals surface area contributed by atoms with Gasteiger partial charge in [-0.1, -0.05) is 37.2 Å². The van der Waals surface area contributed by atoms with Crippen molar-refractivity contribution in [1.29, 1.82) is 0 Å². The molecule has 144 valence electrons. The number of para-hydroxylation sites is 1. The van der Waals surface area contributed by atoms with Gasteiger partial charge in [0, 0.05) is 32.1 Å². The molecule has 0 aliphatic carbocycles. The van der Waals surface area contributed by atoms with E-state index in [4.69, 9.17) is 4.52 Å². The maximum atomic E-state index is 5.35. The number of guanidine groups is 1. The summed E-state index contributed by atoms with van der Waals surface area (Å²) in [5.41, 5.74) is 3.19. The fourth-order valence-corrected chi connectivity index (χ4v) is 2.57. The second kappa shape index (κ2) is 10.1. The summed E-state index contributed by atoms with van der Waals surface area (Å²) >= 11 is 0. The third-order valence-corrected chi connectivity index (χ3v) is 4.04. The molecule has 8 heteroatoms. The number of aliphatic imine (C=N–C) groups is 1. The first-order valence-corrected chi connectivity index (χ1v) is 8.63. The smallest absolute Gasteiger partial charge is 0.191 e. The summed E-state index contributed by atoms with van der Waals surface area (Å²) in [7, 11) is 1.75. The van der Waals surface area contributed by atoms with Crippen LogP contribution in [0.1, 0.15) is 36.8 Å². The van der Waals surface area contributed by atoms with E-state index in [0.717, 1.165) is 22.7 Å². The molecule has 0 unspecified atom stereocenters. The molecule has 0 saturated heterocycles. The van der Waals surface area contributed by atoms with E-state index in [1.54, 1.807) is 19.6 Å². The SMILES string of the molecule is CN=C(NCc1cc(C(C)C)no1)NCc1ccccc1-n1ccnc1.I. The Morgan fingerprint density at radius 3 is 2.67 bits per heavy atom. The Morgan fingerprint density at radius 1 is 1.22 bits per heavy atom. The summed E-state index contributed by atoms with van der Waals surface area (Å²) in [6, 6.07) is 10.2. The summed E-state index contributed by atoms with van der Waals surface area (Å²) < 4.78 is 7.34. The standard InChI is InChI=1S/C19H24N6O.HI/c1-14(2)17-10-16(26-24-17)12-23-19(20-3)22-11-15-6-4-5-7-18(15)25-9-8-21-13-25;/h4-10,13-14H,11-12H2,1-3H3,(H2,20,22,23);1H. The molecule has 3 aromatic rings. The molecular weight excluding hydrogens is 455 g/mol. The van der Waals surface area contributed by atoms with E-state index < -0.39 is 0 Å². The zero-order chi connectivity index (χ0) is 18.4. The molecule has 0 fully saturated rings. The van der Waals surface area contributed by atoms with E-state index in [9.17, 15) is 0 Å². The quantitative estimate of drug-likeness (QED) is 0.321. The predicted molar refractivity (Wildman–Crippen MR) is 117 cm³/mol. The van der Waals surface area contributed by atoms with Crippen LogP contribution in [0.2, 0.25) is 0 Å². The van der Waals surface area contributed by atoms with E-state index in [1.807, 2.05) is 29.0 Å². The Hall–Kier alpha value is -2.36. The van der Waals surface area contributed by atoms with Gasteiger partial charge in [0.2, 0.25) is 0 Å². The summed E-state index contributed by atoms with van der Waals surface area (Å²) in [6.07, 6.45) is 5.50. The van der Waals surface area contributed by atoms with Gasteiger partial charge in [-0.25, -0.2) is 4.98 Å². The Labute approximate surface area is 176 Å². The van der Waals surface area contributed by atoms with Gasteiger partial charge in [-0.15, -0.1) is 24.0 Å². The van der Waals surface area contributed by atoms with Crippen molar-refractivity contribution in [3.63, 3.8) is 0 Å². The fraction of sp³-hybridized carbons (Fsp3) is 0.316. The zero-order valence-electron chi connectivity index (χ0n) is 15.7. The van der Waals surface area contributed by atoms with Crippen LogP contribution in [-0.4, -0.2) is 27.7 Å². The summed E-state index contributed by atoms with van der Waals surface area (Å²) in [4.78, 5) is 8.38. The first kappa shape index (κ1) is 20.9. The molecule has 2 heterocycles. The van der Waals surface area contributed by atoms with Crippen LogP contribution >= 0.6 is 24.0 Å². The van der Waals surface area contributed by atoms with Crippen LogP contribution < -0.4 is 10.6 Å². The Bertz CT molecular complexity index is 857. The Kier molecular flexibility index (Phi) is 7.83. The molecular formula is C19H25IN6O. The number of hydrogen-bond acceptors (Lipinski definition) is 4. The van der Waals surface area contributed by atoms with Crippen molar-refractivity contribution in [1.82, 2.24) is 25.3 Å². The lowest BCUT2D eigenvalue weighted by Crippen LogP contribution is -2.36. The van der Waals surface area contributed by atoms with Crippen LogP contribution in [0.25, 0.3) is 5.69 Å². The van der Waals surface area contributed by atoms with Gasteiger partial charge in [0.25, 0.3) is 0 Å². The predicted octanol–water partition coefficient (Wildman–Crippen LogP) is 3.47. The minimum Gasteiger partial charge on any atom is -0.359 e. The van der Waals surface area contributed by atoms with Gasteiger partial charge in [-0.3, -0.25) is 4.99 Å². The monoisotopic (exact) mass is 480 g/mol. The number of imidazole rings is 1. The van der Waals surface area contributed by atoms with E-state index in [1.165, 1.54) is 0 Å². The highest BCUT2D eigenvalue weighted by atomic mass is 127. The number of rotatable bonds is 6. The normalized spacial score (nSPS) is 11.3. The average molecular weight is 480 g/mol. The lowest BCUT2D eigenvalue weighted by Gasteiger charge is -2.14. The van der Waals surface area contributed by atoms with Crippen molar-refractivity contribution < 1.29 is 4.52 Å². The van der Waals surface area contributed by atoms with Crippen molar-refractivity contribution in [3.05, 3.63) is 66.1 Å². The molecule has 0 bridgehead atoms. The summed E-state index contributed by atoms with van der Waals surface area (Å²) in [5.74, 6) is 1.84. The van der Waals surface area contributed by atoms with Crippen molar-refractivity contribution in [2.75, 3.05) is 7.05 Å². The molecule has 1 aromatic carbocycles. The third kappa shape index (κ3) is 5.56. The third-order valence-electron chi connectivity index (χ3n) is 4.04. The van der Waals surface area contributed by atoms with Gasteiger partial charge < -0.3 is 19.7 Å². The van der Waals surface area contributed by atoms with Gasteiger partial charge in [0.05, 0.1) is 24.3 Å². The van der Waals surface area contributed by atoms with E-state index in [0.29, 0.717) is 25.0 Å². The molecule has 27 heavy (non-hydrogen) atoms. The molecule has 0 amide bonds. The van der Waals surface area contributed by atoms with Crippen LogP contribution in [0.15, 0.2) is 58.6 Å². The molecule has 2 aromatic heterocycles. The van der Waals surface area contributed by atoms with Crippen molar-refractivity contribution in [2.45, 2.75) is 32.9 Å². The highest BCUT2D eigenvalue weighted by Gasteiger charge is 2.09. The van der Waals surface area contributed by atoms with Crippen LogP contribution in [0.4, 0.5) is 0 Å². The number of aromatic nitrogens is 3. The highest BCUT2D eigenvalue weighted by Crippen LogP contribution is 2.15. The zero-order valence-corrected chi connectivity index (χ0v) is 18.0. The van der Waals surface area contributed by atoms with Crippen LogP contribution in [0, 0.1) is 0 Å². The number of hydrogen-bond donors (Lipinski definition) is 2.